The van der Waals surface area contributed by atoms with Gasteiger partial charge in [0.1, 0.15) is 0 Å². The quantitative estimate of drug-likeness (QED) is 0.806. The highest BCUT2D eigenvalue weighted by molar-refractivity contribution is 5.63. The zero-order chi connectivity index (χ0) is 17.6. The molecular formula is C19H25N3O3. The van der Waals surface area contributed by atoms with E-state index in [1.165, 1.54) is 19.3 Å². The summed E-state index contributed by atoms with van der Waals surface area (Å²) in [7, 11) is 3.21. The van der Waals surface area contributed by atoms with E-state index in [0.717, 1.165) is 30.9 Å². The Bertz CT molecular complexity index is 767. The molecule has 1 aliphatic rings. The number of nitrogens with zero attached hydrogens (tertiary/aromatic N) is 3. The van der Waals surface area contributed by atoms with Crippen molar-refractivity contribution in [2.45, 2.75) is 25.8 Å². The Morgan fingerprint density at radius 1 is 0.960 bits per heavy atom. The third kappa shape index (κ3) is 4.20. The highest BCUT2D eigenvalue weighted by atomic mass is 16.5. The highest BCUT2D eigenvalue weighted by Gasteiger charge is 2.12. The van der Waals surface area contributed by atoms with Crippen LogP contribution in [0.1, 0.15) is 19.3 Å². The second kappa shape index (κ2) is 8.16. The Labute approximate surface area is 148 Å². The number of methoxy groups -OCH3 is 2. The molecule has 0 saturated carbocycles. The molecule has 0 aliphatic carbocycles. The van der Waals surface area contributed by atoms with Crippen LogP contribution in [-0.2, 0) is 6.54 Å². The van der Waals surface area contributed by atoms with E-state index in [2.05, 4.69) is 10.00 Å². The van der Waals surface area contributed by atoms with Gasteiger partial charge in [-0.1, -0.05) is 6.42 Å². The van der Waals surface area contributed by atoms with Gasteiger partial charge in [0.05, 0.1) is 26.5 Å². The molecule has 134 valence electrons. The third-order valence-electron chi connectivity index (χ3n) is 4.62. The molecule has 1 aliphatic heterocycles. The molecule has 1 fully saturated rings. The minimum Gasteiger partial charge on any atom is -0.493 e. The van der Waals surface area contributed by atoms with Gasteiger partial charge >= 0.3 is 0 Å². The van der Waals surface area contributed by atoms with Gasteiger partial charge in [-0.15, -0.1) is 0 Å². The van der Waals surface area contributed by atoms with Crippen LogP contribution in [0.2, 0.25) is 0 Å². The molecule has 1 aromatic heterocycles. The average Bonchev–Trinajstić information content (AvgIpc) is 2.67. The number of piperidine rings is 1. The topological polar surface area (TPSA) is 56.6 Å². The molecule has 2 aromatic rings. The van der Waals surface area contributed by atoms with Crippen LogP contribution < -0.4 is 15.0 Å². The second-order valence-corrected chi connectivity index (χ2v) is 6.25. The molecule has 0 amide bonds. The smallest absolute Gasteiger partial charge is 0.266 e. The van der Waals surface area contributed by atoms with E-state index in [9.17, 15) is 4.79 Å². The van der Waals surface area contributed by atoms with E-state index in [1.807, 2.05) is 18.2 Å². The average molecular weight is 343 g/mol. The van der Waals surface area contributed by atoms with Crippen LogP contribution in [-0.4, -0.2) is 48.5 Å². The van der Waals surface area contributed by atoms with Crippen molar-refractivity contribution in [3.63, 3.8) is 0 Å². The summed E-state index contributed by atoms with van der Waals surface area (Å²) >= 11 is 0. The minimum absolute atomic E-state index is 0.0683. The Balaban J connectivity index is 1.80. The molecule has 25 heavy (non-hydrogen) atoms. The van der Waals surface area contributed by atoms with E-state index < -0.39 is 0 Å². The lowest BCUT2D eigenvalue weighted by atomic mass is 10.1. The molecule has 0 atom stereocenters. The molecule has 0 N–H and O–H groups in total. The fraction of sp³-hybridized carbons (Fsp3) is 0.474. The first-order chi connectivity index (χ1) is 12.2. The van der Waals surface area contributed by atoms with Gasteiger partial charge < -0.3 is 14.4 Å². The van der Waals surface area contributed by atoms with E-state index in [0.29, 0.717) is 18.0 Å². The Morgan fingerprint density at radius 3 is 2.44 bits per heavy atom. The van der Waals surface area contributed by atoms with Crippen molar-refractivity contribution in [3.05, 3.63) is 40.7 Å². The minimum atomic E-state index is -0.0683. The summed E-state index contributed by atoms with van der Waals surface area (Å²) in [6.07, 6.45) is 3.80. The van der Waals surface area contributed by atoms with Gasteiger partial charge in [0.2, 0.25) is 0 Å². The van der Waals surface area contributed by atoms with E-state index >= 15 is 0 Å². The van der Waals surface area contributed by atoms with Gasteiger partial charge in [-0.3, -0.25) is 4.79 Å². The molecule has 6 nitrogen and oxygen atoms in total. The van der Waals surface area contributed by atoms with E-state index in [1.54, 1.807) is 31.0 Å². The summed E-state index contributed by atoms with van der Waals surface area (Å²) in [6, 6.07) is 8.97. The van der Waals surface area contributed by atoms with E-state index in [-0.39, 0.29) is 5.56 Å². The Morgan fingerprint density at radius 2 is 1.72 bits per heavy atom. The van der Waals surface area contributed by atoms with Crippen molar-refractivity contribution in [1.82, 2.24) is 14.7 Å². The number of hydrogen-bond acceptors (Lipinski definition) is 5. The molecule has 2 heterocycles. The van der Waals surface area contributed by atoms with Gasteiger partial charge in [0.15, 0.2) is 11.5 Å². The predicted molar refractivity (Wildman–Crippen MR) is 97.3 cm³/mol. The fourth-order valence-corrected chi connectivity index (χ4v) is 3.18. The molecule has 0 bridgehead atoms. The molecule has 6 heteroatoms. The van der Waals surface area contributed by atoms with Crippen molar-refractivity contribution in [3.8, 4) is 22.8 Å². The lowest BCUT2D eigenvalue weighted by Crippen LogP contribution is -2.35. The summed E-state index contributed by atoms with van der Waals surface area (Å²) in [4.78, 5) is 14.5. The van der Waals surface area contributed by atoms with Crippen molar-refractivity contribution >= 4 is 0 Å². The molecular weight excluding hydrogens is 318 g/mol. The maximum Gasteiger partial charge on any atom is 0.266 e. The van der Waals surface area contributed by atoms with Crippen molar-refractivity contribution < 1.29 is 9.47 Å². The van der Waals surface area contributed by atoms with Crippen LogP contribution in [0.15, 0.2) is 35.1 Å². The number of aromatic nitrogens is 2. The zero-order valence-corrected chi connectivity index (χ0v) is 14.9. The summed E-state index contributed by atoms with van der Waals surface area (Å²) in [5.74, 6) is 1.32. The number of ether oxygens (including phenoxy) is 2. The SMILES string of the molecule is COc1ccc(-c2ccc(=O)n(CCN3CCCCC3)n2)cc1OC. The summed E-state index contributed by atoms with van der Waals surface area (Å²) < 4.78 is 12.2. The van der Waals surface area contributed by atoms with Crippen LogP contribution in [0.5, 0.6) is 11.5 Å². The summed E-state index contributed by atoms with van der Waals surface area (Å²) in [5, 5.41) is 4.54. The number of likely N-dealkylation sites (tertiary alicyclic amines) is 1. The van der Waals surface area contributed by atoms with Crippen LogP contribution in [0.25, 0.3) is 11.3 Å². The van der Waals surface area contributed by atoms with Crippen molar-refractivity contribution in [2.75, 3.05) is 33.9 Å². The molecule has 0 unspecified atom stereocenters. The van der Waals surface area contributed by atoms with Gasteiger partial charge in [-0.25, -0.2) is 4.68 Å². The van der Waals surface area contributed by atoms with Crippen LogP contribution >= 0.6 is 0 Å². The van der Waals surface area contributed by atoms with Crippen LogP contribution in [0, 0.1) is 0 Å². The van der Waals surface area contributed by atoms with Gasteiger partial charge in [-0.2, -0.15) is 5.10 Å². The first kappa shape index (κ1) is 17.5. The zero-order valence-electron chi connectivity index (χ0n) is 14.9. The van der Waals surface area contributed by atoms with Gasteiger partial charge in [-0.05, 0) is 50.2 Å². The molecule has 0 radical (unpaired) electrons. The first-order valence-electron chi connectivity index (χ1n) is 8.74. The molecule has 1 aromatic carbocycles. The van der Waals surface area contributed by atoms with Gasteiger partial charge in [0.25, 0.3) is 5.56 Å². The first-order valence-corrected chi connectivity index (χ1v) is 8.74. The van der Waals surface area contributed by atoms with Crippen molar-refractivity contribution in [1.29, 1.82) is 0 Å². The Kier molecular flexibility index (Phi) is 5.71. The maximum absolute atomic E-state index is 12.1. The summed E-state index contributed by atoms with van der Waals surface area (Å²) in [5.41, 5.74) is 1.57. The predicted octanol–water partition coefficient (Wildman–Crippen LogP) is 2.41. The summed E-state index contributed by atoms with van der Waals surface area (Å²) in [6.45, 7) is 3.70. The number of benzene rings is 1. The Hall–Kier alpha value is -2.34. The maximum atomic E-state index is 12.1. The second-order valence-electron chi connectivity index (χ2n) is 6.25. The van der Waals surface area contributed by atoms with Crippen molar-refractivity contribution in [2.24, 2.45) is 0 Å². The molecule has 3 rings (SSSR count). The largest absolute Gasteiger partial charge is 0.493 e. The normalized spacial score (nSPS) is 15.1. The number of hydrogen-bond donors (Lipinski definition) is 0. The van der Waals surface area contributed by atoms with E-state index in [4.69, 9.17) is 9.47 Å². The standard InChI is InChI=1S/C19H25N3O3/c1-24-17-8-6-15(14-18(17)25-2)16-7-9-19(23)22(20-16)13-12-21-10-4-3-5-11-21/h6-9,14H,3-5,10-13H2,1-2H3. The third-order valence-corrected chi connectivity index (χ3v) is 4.62. The number of rotatable bonds is 6. The monoisotopic (exact) mass is 343 g/mol. The molecule has 1 saturated heterocycles. The lowest BCUT2D eigenvalue weighted by molar-refractivity contribution is 0.216. The van der Waals surface area contributed by atoms with Crippen LogP contribution in [0.4, 0.5) is 0 Å². The molecule has 0 spiro atoms. The highest BCUT2D eigenvalue weighted by Crippen LogP contribution is 2.31. The lowest BCUT2D eigenvalue weighted by Gasteiger charge is -2.26. The van der Waals surface area contributed by atoms with Crippen LogP contribution in [0.3, 0.4) is 0 Å². The fourth-order valence-electron chi connectivity index (χ4n) is 3.18. The van der Waals surface area contributed by atoms with Gasteiger partial charge in [0, 0.05) is 18.2 Å².